The molecule has 1 rings (SSSR count). The fraction of sp³-hybridized carbons (Fsp3) is 0.900. The number of carbonyl (C=O) groups excluding carboxylic acids is 1. The van der Waals surface area contributed by atoms with Crippen molar-refractivity contribution < 1.29 is 34.7 Å². The highest BCUT2D eigenvalue weighted by atomic mass is 16.7. The summed E-state index contributed by atoms with van der Waals surface area (Å²) in [4.78, 5) is 11.3. The second kappa shape index (κ2) is 6.02. The van der Waals surface area contributed by atoms with Gasteiger partial charge in [-0.05, 0) is 0 Å². The van der Waals surface area contributed by atoms with E-state index in [9.17, 15) is 20.1 Å². The van der Waals surface area contributed by atoms with Gasteiger partial charge in [0.05, 0.1) is 25.9 Å². The lowest BCUT2D eigenvalue weighted by Crippen LogP contribution is -2.70. The van der Waals surface area contributed by atoms with Gasteiger partial charge in [0.2, 0.25) is 5.79 Å². The van der Waals surface area contributed by atoms with Crippen molar-refractivity contribution in [1.29, 1.82) is 0 Å². The average Bonchev–Trinajstić information content (AvgIpc) is 2.33. The fourth-order valence-electron chi connectivity index (χ4n) is 1.76. The lowest BCUT2D eigenvalue weighted by atomic mass is 9.89. The molecule has 18 heavy (non-hydrogen) atoms. The van der Waals surface area contributed by atoms with Gasteiger partial charge in [-0.1, -0.05) is 0 Å². The van der Waals surface area contributed by atoms with E-state index >= 15 is 0 Å². The first kappa shape index (κ1) is 15.4. The number of ether oxygens (including phenoxy) is 2. The Bertz CT molecular complexity index is 300. The van der Waals surface area contributed by atoms with Crippen molar-refractivity contribution in [2.45, 2.75) is 37.1 Å². The molecule has 8 nitrogen and oxygen atoms in total. The van der Waals surface area contributed by atoms with Gasteiger partial charge in [-0.3, -0.25) is 4.79 Å². The molecule has 0 bridgehead atoms. The first-order valence-electron chi connectivity index (χ1n) is 5.56. The minimum atomic E-state index is -2.36. The van der Waals surface area contributed by atoms with Crippen LogP contribution in [0.25, 0.3) is 0 Å². The van der Waals surface area contributed by atoms with E-state index in [-0.39, 0.29) is 19.8 Å². The van der Waals surface area contributed by atoms with Crippen molar-refractivity contribution >= 4 is 5.78 Å². The number of hydrogen-bond donors (Lipinski definition) is 5. The van der Waals surface area contributed by atoms with Crippen LogP contribution in [0.4, 0.5) is 0 Å². The molecule has 1 fully saturated rings. The van der Waals surface area contributed by atoms with Crippen LogP contribution in [-0.2, 0) is 14.3 Å². The topological polar surface area (TPSA) is 142 Å². The van der Waals surface area contributed by atoms with Crippen molar-refractivity contribution in [3.8, 4) is 0 Å². The quantitative estimate of drug-likeness (QED) is 0.326. The summed E-state index contributed by atoms with van der Waals surface area (Å²) >= 11 is 0. The number of hydrogen-bond acceptors (Lipinski definition) is 8. The molecule has 0 amide bonds. The van der Waals surface area contributed by atoms with Gasteiger partial charge >= 0.3 is 0 Å². The third-order valence-electron chi connectivity index (χ3n) is 2.90. The third-order valence-corrected chi connectivity index (χ3v) is 2.90. The summed E-state index contributed by atoms with van der Waals surface area (Å²) < 4.78 is 9.98. The minimum absolute atomic E-state index is 0.00717. The lowest BCUT2D eigenvalue weighted by molar-refractivity contribution is -0.298. The van der Waals surface area contributed by atoms with Crippen LogP contribution in [-0.4, -0.2) is 76.2 Å². The average molecular weight is 265 g/mol. The Morgan fingerprint density at radius 3 is 2.56 bits per heavy atom. The molecule has 0 aromatic rings. The molecule has 1 aliphatic rings. The molecular weight excluding hydrogens is 246 g/mol. The summed E-state index contributed by atoms with van der Waals surface area (Å²) in [5, 5.41) is 37.9. The molecule has 106 valence electrons. The second-order valence-electron chi connectivity index (χ2n) is 4.21. The van der Waals surface area contributed by atoms with Gasteiger partial charge < -0.3 is 35.6 Å². The summed E-state index contributed by atoms with van der Waals surface area (Å²) in [6.07, 6.45) is -4.02. The normalized spacial score (nSPS) is 40.8. The van der Waals surface area contributed by atoms with Crippen molar-refractivity contribution in [2.24, 2.45) is 5.73 Å². The van der Waals surface area contributed by atoms with E-state index in [1.807, 2.05) is 0 Å². The summed E-state index contributed by atoms with van der Waals surface area (Å²) in [6, 6.07) is -1.45. The van der Waals surface area contributed by atoms with Crippen molar-refractivity contribution in [1.82, 2.24) is 0 Å². The van der Waals surface area contributed by atoms with E-state index in [0.29, 0.717) is 0 Å². The molecule has 0 radical (unpaired) electrons. The Labute approximate surface area is 104 Å². The molecule has 1 aliphatic heterocycles. The van der Waals surface area contributed by atoms with E-state index in [2.05, 4.69) is 0 Å². The summed E-state index contributed by atoms with van der Waals surface area (Å²) in [7, 11) is 0. The Kier molecular flexibility index (Phi) is 5.17. The predicted octanol–water partition coefficient (Wildman–Crippen LogP) is -3.28. The van der Waals surface area contributed by atoms with Crippen LogP contribution in [0.2, 0.25) is 0 Å². The lowest BCUT2D eigenvalue weighted by Gasteiger charge is -2.45. The van der Waals surface area contributed by atoms with Gasteiger partial charge in [-0.25, -0.2) is 0 Å². The molecular formula is C10H19NO7. The van der Waals surface area contributed by atoms with Gasteiger partial charge in [0, 0.05) is 6.92 Å². The van der Waals surface area contributed by atoms with Gasteiger partial charge in [-0.15, -0.1) is 0 Å². The Morgan fingerprint density at radius 1 is 1.44 bits per heavy atom. The number of ketones is 1. The summed E-state index contributed by atoms with van der Waals surface area (Å²) in [6.45, 7) is 0.659. The van der Waals surface area contributed by atoms with Crippen LogP contribution in [0, 0.1) is 0 Å². The number of aliphatic hydroxyl groups is 4. The fourth-order valence-corrected chi connectivity index (χ4v) is 1.76. The highest BCUT2D eigenvalue weighted by Crippen LogP contribution is 2.27. The molecule has 0 saturated carbocycles. The van der Waals surface area contributed by atoms with Gasteiger partial charge in [0.1, 0.15) is 18.3 Å². The van der Waals surface area contributed by atoms with E-state index in [4.69, 9.17) is 20.3 Å². The van der Waals surface area contributed by atoms with E-state index < -0.39 is 35.9 Å². The van der Waals surface area contributed by atoms with Crippen LogP contribution < -0.4 is 5.73 Å². The highest BCUT2D eigenvalue weighted by molar-refractivity contribution is 5.84. The van der Waals surface area contributed by atoms with Gasteiger partial charge in [0.15, 0.2) is 5.78 Å². The molecule has 0 spiro atoms. The highest BCUT2D eigenvalue weighted by Gasteiger charge is 2.54. The zero-order valence-electron chi connectivity index (χ0n) is 10.0. The van der Waals surface area contributed by atoms with E-state index in [1.165, 1.54) is 0 Å². The Balaban J connectivity index is 2.78. The smallest absolute Gasteiger partial charge is 0.244 e. The van der Waals surface area contributed by atoms with E-state index in [0.717, 1.165) is 6.92 Å². The first-order valence-corrected chi connectivity index (χ1v) is 5.56. The molecule has 8 heteroatoms. The van der Waals surface area contributed by atoms with Crippen LogP contribution in [0.3, 0.4) is 0 Å². The monoisotopic (exact) mass is 265 g/mol. The molecule has 0 aliphatic carbocycles. The number of nitrogens with two attached hydrogens (primary N) is 1. The summed E-state index contributed by atoms with van der Waals surface area (Å²) in [5.41, 5.74) is 5.48. The maximum absolute atomic E-state index is 11.3. The van der Waals surface area contributed by atoms with Crippen LogP contribution >= 0.6 is 0 Å². The number of Topliss-reactive ketones (excluding diaryl/α,β-unsaturated/α-hetero) is 1. The number of carbonyl (C=O) groups is 1. The number of rotatable bonds is 5. The molecule has 1 unspecified atom stereocenters. The molecule has 0 aromatic carbocycles. The molecule has 1 heterocycles. The van der Waals surface area contributed by atoms with Crippen LogP contribution in [0.15, 0.2) is 0 Å². The maximum Gasteiger partial charge on any atom is 0.244 e. The van der Waals surface area contributed by atoms with E-state index in [1.54, 1.807) is 0 Å². The molecule has 5 atom stereocenters. The number of aliphatic hydroxyl groups excluding tert-OH is 3. The van der Waals surface area contributed by atoms with Crippen molar-refractivity contribution in [3.05, 3.63) is 0 Å². The first-order chi connectivity index (χ1) is 8.34. The third kappa shape index (κ3) is 2.86. The Morgan fingerprint density at radius 2 is 2.06 bits per heavy atom. The Hall–Kier alpha value is -0.610. The molecule has 1 saturated heterocycles. The minimum Gasteiger partial charge on any atom is -0.394 e. The summed E-state index contributed by atoms with van der Waals surface area (Å²) in [5.74, 6) is -3.13. The molecule has 0 aromatic heterocycles. The zero-order valence-corrected chi connectivity index (χ0v) is 10.0. The van der Waals surface area contributed by atoms with Crippen molar-refractivity contribution in [2.75, 3.05) is 19.8 Å². The van der Waals surface area contributed by atoms with Crippen molar-refractivity contribution in [3.63, 3.8) is 0 Å². The van der Waals surface area contributed by atoms with Gasteiger partial charge in [-0.2, -0.15) is 0 Å². The predicted molar refractivity (Wildman–Crippen MR) is 58.4 cm³/mol. The van der Waals surface area contributed by atoms with Crippen LogP contribution in [0.1, 0.15) is 6.92 Å². The van der Waals surface area contributed by atoms with Gasteiger partial charge in [0.25, 0.3) is 0 Å². The maximum atomic E-state index is 11.3. The molecule has 6 N–H and O–H groups in total. The zero-order chi connectivity index (χ0) is 13.9. The SMILES string of the molecule is CC(=O)C1(O)O[C@H](COCCO)[C@@H](O)[C@H](O)[C@H]1N. The van der Waals surface area contributed by atoms with Crippen LogP contribution in [0.5, 0.6) is 0 Å². The standard InChI is InChI=1S/C10H19NO7/c1-5(13)10(16)9(11)8(15)7(14)6(18-10)4-17-3-2-12/h6-9,12,14-16H,2-4,11H2,1H3/t6-,7-,8+,9-,10?/m1/s1. The largest absolute Gasteiger partial charge is 0.394 e. The second-order valence-corrected chi connectivity index (χ2v) is 4.21.